The van der Waals surface area contributed by atoms with Gasteiger partial charge >= 0.3 is 6.18 Å². The summed E-state index contributed by atoms with van der Waals surface area (Å²) in [6, 6.07) is 16.3. The van der Waals surface area contributed by atoms with E-state index in [2.05, 4.69) is 20.3 Å². The molecule has 0 aliphatic heterocycles. The third-order valence-electron chi connectivity index (χ3n) is 5.60. The molecule has 0 atom stereocenters. The molecule has 3 aromatic carbocycles. The Morgan fingerprint density at radius 2 is 1.73 bits per heavy atom. The van der Waals surface area contributed by atoms with Crippen LogP contribution in [-0.2, 0) is 6.18 Å². The maximum absolute atomic E-state index is 13.7. The molecule has 0 amide bonds. The molecule has 186 valence electrons. The molecule has 0 aliphatic rings. The Labute approximate surface area is 213 Å². The number of rotatable bonds is 5. The van der Waals surface area contributed by atoms with Crippen LogP contribution in [0.4, 0.5) is 29.1 Å². The number of ether oxygens (including phenoxy) is 1. The molecular weight excluding hydrogens is 508 g/mol. The SMILES string of the molecule is COc1cc(-c2ccc3nc(-c4cccnc4)nc(Nc4ccc(F)c(Cl)c4)c3c2)cc(C(F)(F)F)c1. The monoisotopic (exact) mass is 524 g/mol. The van der Waals surface area contributed by atoms with Crippen LogP contribution in [0, 0.1) is 5.82 Å². The van der Waals surface area contributed by atoms with Gasteiger partial charge in [0.1, 0.15) is 17.4 Å². The number of benzene rings is 3. The zero-order chi connectivity index (χ0) is 26.2. The molecule has 2 heterocycles. The largest absolute Gasteiger partial charge is 0.497 e. The Hall–Kier alpha value is -4.24. The van der Waals surface area contributed by atoms with Crippen LogP contribution in [0.5, 0.6) is 5.75 Å². The molecule has 0 bridgehead atoms. The Morgan fingerprint density at radius 3 is 2.43 bits per heavy atom. The van der Waals surface area contributed by atoms with E-state index in [9.17, 15) is 17.6 Å². The smallest absolute Gasteiger partial charge is 0.416 e. The van der Waals surface area contributed by atoms with Crippen LogP contribution in [0.1, 0.15) is 5.56 Å². The lowest BCUT2D eigenvalue weighted by molar-refractivity contribution is -0.137. The number of hydrogen-bond acceptors (Lipinski definition) is 5. The first kappa shape index (κ1) is 24.5. The predicted octanol–water partition coefficient (Wildman–Crippen LogP) is 7.92. The van der Waals surface area contributed by atoms with E-state index in [1.807, 2.05) is 0 Å². The fourth-order valence-corrected chi connectivity index (χ4v) is 3.97. The summed E-state index contributed by atoms with van der Waals surface area (Å²) in [5.74, 6) is 0.237. The summed E-state index contributed by atoms with van der Waals surface area (Å²) in [6.07, 6.45) is -1.31. The van der Waals surface area contributed by atoms with Crippen LogP contribution in [0.25, 0.3) is 33.4 Å². The van der Waals surface area contributed by atoms with Crippen LogP contribution < -0.4 is 10.1 Å². The lowest BCUT2D eigenvalue weighted by atomic mass is 10.0. The van der Waals surface area contributed by atoms with Crippen molar-refractivity contribution in [3.8, 4) is 28.3 Å². The maximum atomic E-state index is 13.7. The zero-order valence-corrected chi connectivity index (χ0v) is 19.9. The van der Waals surface area contributed by atoms with Crippen molar-refractivity contribution in [1.82, 2.24) is 15.0 Å². The number of fused-ring (bicyclic) bond motifs is 1. The van der Waals surface area contributed by atoms with Gasteiger partial charge in [-0.1, -0.05) is 17.7 Å². The van der Waals surface area contributed by atoms with E-state index < -0.39 is 17.6 Å². The number of hydrogen-bond donors (Lipinski definition) is 1. The summed E-state index contributed by atoms with van der Waals surface area (Å²) in [5, 5.41) is 3.59. The topological polar surface area (TPSA) is 59.9 Å². The average Bonchev–Trinajstić information content (AvgIpc) is 2.90. The number of nitrogens with zero attached hydrogens (tertiary/aromatic N) is 3. The van der Waals surface area contributed by atoms with Gasteiger partial charge in [0.15, 0.2) is 5.82 Å². The van der Waals surface area contributed by atoms with Gasteiger partial charge in [-0.2, -0.15) is 13.2 Å². The Balaban J connectivity index is 1.69. The van der Waals surface area contributed by atoms with Gasteiger partial charge in [-0.25, -0.2) is 14.4 Å². The molecular formula is C27H17ClF4N4O. The Bertz CT molecular complexity index is 1610. The summed E-state index contributed by atoms with van der Waals surface area (Å²) in [4.78, 5) is 13.4. The molecule has 5 nitrogen and oxygen atoms in total. The van der Waals surface area contributed by atoms with Crippen molar-refractivity contribution in [2.24, 2.45) is 0 Å². The predicted molar refractivity (Wildman–Crippen MR) is 134 cm³/mol. The van der Waals surface area contributed by atoms with E-state index in [0.717, 1.165) is 12.1 Å². The van der Waals surface area contributed by atoms with Crippen molar-refractivity contribution < 1.29 is 22.3 Å². The van der Waals surface area contributed by atoms with E-state index in [4.69, 9.17) is 16.3 Å². The zero-order valence-electron chi connectivity index (χ0n) is 19.1. The highest BCUT2D eigenvalue weighted by Crippen LogP contribution is 2.37. The molecule has 10 heteroatoms. The number of alkyl halides is 3. The van der Waals surface area contributed by atoms with Gasteiger partial charge in [0, 0.05) is 29.0 Å². The summed E-state index contributed by atoms with van der Waals surface area (Å²) < 4.78 is 59.3. The summed E-state index contributed by atoms with van der Waals surface area (Å²) in [5.41, 5.74) is 1.64. The van der Waals surface area contributed by atoms with E-state index in [0.29, 0.717) is 44.9 Å². The van der Waals surface area contributed by atoms with Crippen molar-refractivity contribution in [2.45, 2.75) is 6.18 Å². The molecule has 5 rings (SSSR count). The van der Waals surface area contributed by atoms with Crippen molar-refractivity contribution in [3.63, 3.8) is 0 Å². The molecule has 1 N–H and O–H groups in total. The van der Waals surface area contributed by atoms with Crippen LogP contribution >= 0.6 is 11.6 Å². The summed E-state index contributed by atoms with van der Waals surface area (Å²) >= 11 is 5.95. The standard InChI is InChI=1S/C27H17ClF4N4O/c1-37-20-10-17(9-18(12-20)27(30,31)32)15-4-7-24-21(11-15)26(34-19-5-6-23(29)22(28)13-19)36-25(35-24)16-3-2-8-33-14-16/h2-14H,1H3,(H,34,35,36). The number of aromatic nitrogens is 3. The number of pyridine rings is 1. The van der Waals surface area contributed by atoms with E-state index >= 15 is 0 Å². The lowest BCUT2D eigenvalue weighted by Crippen LogP contribution is -2.05. The second-order valence-corrected chi connectivity index (χ2v) is 8.48. The third kappa shape index (κ3) is 5.17. The minimum atomic E-state index is -4.55. The minimum absolute atomic E-state index is 0.0763. The lowest BCUT2D eigenvalue weighted by Gasteiger charge is -2.14. The highest BCUT2D eigenvalue weighted by atomic mass is 35.5. The quantitative estimate of drug-likeness (QED) is 0.237. The fraction of sp³-hybridized carbons (Fsp3) is 0.0741. The highest BCUT2D eigenvalue weighted by molar-refractivity contribution is 6.31. The summed E-state index contributed by atoms with van der Waals surface area (Å²) in [6.45, 7) is 0. The number of methoxy groups -OCH3 is 1. The van der Waals surface area contributed by atoms with Crippen molar-refractivity contribution in [2.75, 3.05) is 12.4 Å². The van der Waals surface area contributed by atoms with Crippen LogP contribution in [0.2, 0.25) is 5.02 Å². The van der Waals surface area contributed by atoms with E-state index in [-0.39, 0.29) is 10.8 Å². The van der Waals surface area contributed by atoms with Gasteiger partial charge in [0.2, 0.25) is 0 Å². The first-order valence-corrected chi connectivity index (χ1v) is 11.3. The molecule has 0 fully saturated rings. The number of nitrogens with one attached hydrogen (secondary N) is 1. The van der Waals surface area contributed by atoms with Crippen LogP contribution in [0.15, 0.2) is 79.1 Å². The Kier molecular flexibility index (Phi) is 6.39. The van der Waals surface area contributed by atoms with E-state index in [1.165, 1.54) is 31.4 Å². The first-order valence-electron chi connectivity index (χ1n) is 10.9. The van der Waals surface area contributed by atoms with Crippen molar-refractivity contribution in [1.29, 1.82) is 0 Å². The second kappa shape index (κ2) is 9.67. The molecule has 0 spiro atoms. The van der Waals surface area contributed by atoms with Gasteiger partial charge in [-0.05, 0) is 71.8 Å². The molecule has 0 aliphatic carbocycles. The first-order chi connectivity index (χ1) is 17.7. The molecule has 0 saturated heterocycles. The van der Waals surface area contributed by atoms with Crippen LogP contribution in [-0.4, -0.2) is 22.1 Å². The number of halogens is 5. The van der Waals surface area contributed by atoms with Gasteiger partial charge in [-0.3, -0.25) is 4.98 Å². The normalized spacial score (nSPS) is 11.5. The Morgan fingerprint density at radius 1 is 0.892 bits per heavy atom. The molecule has 2 aromatic heterocycles. The molecule has 0 unspecified atom stereocenters. The van der Waals surface area contributed by atoms with Crippen LogP contribution in [0.3, 0.4) is 0 Å². The summed E-state index contributed by atoms with van der Waals surface area (Å²) in [7, 11) is 1.31. The van der Waals surface area contributed by atoms with Gasteiger partial charge in [0.05, 0.1) is 23.2 Å². The van der Waals surface area contributed by atoms with Crippen molar-refractivity contribution >= 4 is 34.0 Å². The fourth-order valence-electron chi connectivity index (χ4n) is 3.79. The van der Waals surface area contributed by atoms with Gasteiger partial charge in [0.25, 0.3) is 0 Å². The number of anilines is 2. The molecule has 0 saturated carbocycles. The maximum Gasteiger partial charge on any atom is 0.416 e. The molecule has 37 heavy (non-hydrogen) atoms. The average molecular weight is 525 g/mol. The third-order valence-corrected chi connectivity index (χ3v) is 5.89. The minimum Gasteiger partial charge on any atom is -0.497 e. The van der Waals surface area contributed by atoms with Gasteiger partial charge in [-0.15, -0.1) is 0 Å². The second-order valence-electron chi connectivity index (χ2n) is 8.07. The molecule has 5 aromatic rings. The molecule has 0 radical (unpaired) electrons. The van der Waals surface area contributed by atoms with E-state index in [1.54, 1.807) is 42.7 Å². The highest BCUT2D eigenvalue weighted by Gasteiger charge is 2.31. The van der Waals surface area contributed by atoms with Gasteiger partial charge < -0.3 is 10.1 Å². The van der Waals surface area contributed by atoms with Crippen molar-refractivity contribution in [3.05, 3.63) is 95.5 Å².